The molecule has 5 N–H and O–H groups in total. The molecule has 0 saturated heterocycles. The normalized spacial score (nSPS) is 14.2. The van der Waals surface area contributed by atoms with E-state index in [0.29, 0.717) is 13.0 Å². The molecule has 0 heterocycles. The highest BCUT2D eigenvalue weighted by molar-refractivity contribution is 5.85. The van der Waals surface area contributed by atoms with Crippen molar-refractivity contribution in [1.29, 1.82) is 0 Å². The van der Waals surface area contributed by atoms with Gasteiger partial charge in [-0.25, -0.2) is 0 Å². The average molecular weight is 232 g/mol. The third kappa shape index (κ3) is 6.36. The fourth-order valence-electron chi connectivity index (χ4n) is 1.29. The Morgan fingerprint density at radius 3 is 2.50 bits per heavy atom. The summed E-state index contributed by atoms with van der Waals surface area (Å²) in [5, 5.41) is 19.8. The molecule has 6 heteroatoms. The Bertz CT molecular complexity index is 233. The van der Waals surface area contributed by atoms with Crippen molar-refractivity contribution in [3.63, 3.8) is 0 Å². The second-order valence-corrected chi connectivity index (χ2v) is 3.74. The summed E-state index contributed by atoms with van der Waals surface area (Å²) >= 11 is 0. The molecule has 0 aromatic carbocycles. The van der Waals surface area contributed by atoms with Gasteiger partial charge in [0.05, 0.1) is 12.5 Å². The van der Waals surface area contributed by atoms with Crippen molar-refractivity contribution >= 4 is 11.9 Å². The molecule has 0 radical (unpaired) electrons. The van der Waals surface area contributed by atoms with E-state index >= 15 is 0 Å². The number of carboxylic acid groups (broad SMARTS) is 1. The van der Waals surface area contributed by atoms with Crippen LogP contribution in [0, 0.1) is 5.92 Å². The first kappa shape index (κ1) is 14.9. The molecular formula is C10H20N2O4. The summed E-state index contributed by atoms with van der Waals surface area (Å²) in [6.07, 6.45) is 1.09. The average Bonchev–Trinajstić information content (AvgIpc) is 2.22. The molecule has 0 rings (SSSR count). The van der Waals surface area contributed by atoms with E-state index in [1.165, 1.54) is 0 Å². The number of carbonyl (C=O) groups is 2. The number of rotatable bonds is 8. The van der Waals surface area contributed by atoms with Crippen LogP contribution in [-0.4, -0.2) is 41.3 Å². The van der Waals surface area contributed by atoms with Crippen molar-refractivity contribution in [2.75, 3.05) is 13.2 Å². The van der Waals surface area contributed by atoms with E-state index < -0.39 is 17.9 Å². The highest BCUT2D eigenvalue weighted by Gasteiger charge is 2.17. The van der Waals surface area contributed by atoms with Gasteiger partial charge in [0, 0.05) is 13.2 Å². The zero-order valence-corrected chi connectivity index (χ0v) is 9.48. The van der Waals surface area contributed by atoms with Crippen molar-refractivity contribution < 1.29 is 19.8 Å². The molecule has 16 heavy (non-hydrogen) atoms. The number of nitrogens with one attached hydrogen (secondary N) is 1. The Balaban J connectivity index is 3.90. The molecule has 1 amide bonds. The van der Waals surface area contributed by atoms with Crippen LogP contribution < -0.4 is 11.1 Å². The smallest absolute Gasteiger partial charge is 0.305 e. The van der Waals surface area contributed by atoms with Crippen LogP contribution in [0.4, 0.5) is 0 Å². The monoisotopic (exact) mass is 232 g/mol. The van der Waals surface area contributed by atoms with Crippen LogP contribution in [0.25, 0.3) is 0 Å². The molecule has 0 aromatic rings. The maximum absolute atomic E-state index is 11.3. The van der Waals surface area contributed by atoms with Crippen LogP contribution in [0.15, 0.2) is 0 Å². The van der Waals surface area contributed by atoms with Gasteiger partial charge in [-0.05, 0) is 12.3 Å². The minimum atomic E-state index is -1.09. The number of amides is 1. The van der Waals surface area contributed by atoms with E-state index in [2.05, 4.69) is 5.32 Å². The SMILES string of the molecule is CCC(CCO)CNC(=O)C(N)CC(=O)O. The Morgan fingerprint density at radius 2 is 2.06 bits per heavy atom. The van der Waals surface area contributed by atoms with Gasteiger partial charge in [0.1, 0.15) is 0 Å². The summed E-state index contributed by atoms with van der Waals surface area (Å²) in [5.74, 6) is -1.35. The number of carbonyl (C=O) groups excluding carboxylic acids is 1. The highest BCUT2D eigenvalue weighted by Crippen LogP contribution is 2.05. The molecule has 0 aliphatic carbocycles. The molecule has 0 fully saturated rings. The van der Waals surface area contributed by atoms with Crippen LogP contribution in [-0.2, 0) is 9.59 Å². The summed E-state index contributed by atoms with van der Waals surface area (Å²) in [7, 11) is 0. The standard InChI is InChI=1S/C10H20N2O4/c1-2-7(3-4-13)6-12-10(16)8(11)5-9(14)15/h7-8,13H,2-6,11H2,1H3,(H,12,16)(H,14,15). The second-order valence-electron chi connectivity index (χ2n) is 3.74. The lowest BCUT2D eigenvalue weighted by molar-refractivity contribution is -0.139. The highest BCUT2D eigenvalue weighted by atomic mass is 16.4. The summed E-state index contributed by atoms with van der Waals surface area (Å²) in [6.45, 7) is 2.46. The Hall–Kier alpha value is -1.14. The third-order valence-corrected chi connectivity index (χ3v) is 2.41. The fourth-order valence-corrected chi connectivity index (χ4v) is 1.29. The molecule has 2 atom stereocenters. The van der Waals surface area contributed by atoms with Crippen molar-refractivity contribution in [3.05, 3.63) is 0 Å². The minimum Gasteiger partial charge on any atom is -0.481 e. The molecule has 0 aromatic heterocycles. The molecule has 0 bridgehead atoms. The summed E-state index contributed by atoms with van der Waals surface area (Å²) in [6, 6.07) is -1.01. The number of aliphatic hydroxyl groups is 1. The first-order chi connectivity index (χ1) is 7.51. The molecule has 0 aliphatic heterocycles. The zero-order chi connectivity index (χ0) is 12.6. The van der Waals surface area contributed by atoms with E-state index in [-0.39, 0.29) is 18.9 Å². The lowest BCUT2D eigenvalue weighted by Gasteiger charge is -2.16. The maximum Gasteiger partial charge on any atom is 0.305 e. The lowest BCUT2D eigenvalue weighted by Crippen LogP contribution is -2.43. The van der Waals surface area contributed by atoms with E-state index in [0.717, 1.165) is 6.42 Å². The number of nitrogens with two attached hydrogens (primary N) is 1. The van der Waals surface area contributed by atoms with E-state index in [1.807, 2.05) is 6.92 Å². The Morgan fingerprint density at radius 1 is 1.44 bits per heavy atom. The molecule has 6 nitrogen and oxygen atoms in total. The van der Waals surface area contributed by atoms with Crippen molar-refractivity contribution in [2.24, 2.45) is 11.7 Å². The van der Waals surface area contributed by atoms with Crippen LogP contribution >= 0.6 is 0 Å². The first-order valence-electron chi connectivity index (χ1n) is 5.37. The van der Waals surface area contributed by atoms with Gasteiger partial charge in [-0.3, -0.25) is 9.59 Å². The summed E-state index contributed by atoms with van der Waals surface area (Å²) < 4.78 is 0. The maximum atomic E-state index is 11.3. The molecule has 0 saturated carbocycles. The van der Waals surface area contributed by atoms with Gasteiger partial charge >= 0.3 is 5.97 Å². The predicted octanol–water partition coefficient (Wildman–Crippen LogP) is -0.687. The first-order valence-corrected chi connectivity index (χ1v) is 5.37. The van der Waals surface area contributed by atoms with Gasteiger partial charge in [-0.2, -0.15) is 0 Å². The minimum absolute atomic E-state index is 0.0789. The number of hydrogen-bond acceptors (Lipinski definition) is 4. The number of aliphatic hydroxyl groups excluding tert-OH is 1. The molecule has 0 aliphatic rings. The van der Waals surface area contributed by atoms with E-state index in [4.69, 9.17) is 15.9 Å². The van der Waals surface area contributed by atoms with Gasteiger partial charge in [-0.15, -0.1) is 0 Å². The third-order valence-electron chi connectivity index (χ3n) is 2.41. The van der Waals surface area contributed by atoms with Crippen LogP contribution in [0.2, 0.25) is 0 Å². The van der Waals surface area contributed by atoms with Gasteiger partial charge in [0.25, 0.3) is 0 Å². The summed E-state index contributed by atoms with van der Waals surface area (Å²) in [4.78, 5) is 21.7. The van der Waals surface area contributed by atoms with Crippen molar-refractivity contribution in [1.82, 2.24) is 5.32 Å². The van der Waals surface area contributed by atoms with E-state index in [1.54, 1.807) is 0 Å². The van der Waals surface area contributed by atoms with Crippen LogP contribution in [0.5, 0.6) is 0 Å². The van der Waals surface area contributed by atoms with E-state index in [9.17, 15) is 9.59 Å². The van der Waals surface area contributed by atoms with Crippen LogP contribution in [0.1, 0.15) is 26.2 Å². The molecular weight excluding hydrogens is 212 g/mol. The Kier molecular flexibility index (Phi) is 7.49. The quantitative estimate of drug-likeness (QED) is 0.442. The predicted molar refractivity (Wildman–Crippen MR) is 58.7 cm³/mol. The number of carboxylic acids is 1. The molecule has 94 valence electrons. The molecule has 0 spiro atoms. The zero-order valence-electron chi connectivity index (χ0n) is 9.48. The number of hydrogen-bond donors (Lipinski definition) is 4. The van der Waals surface area contributed by atoms with Crippen LogP contribution in [0.3, 0.4) is 0 Å². The van der Waals surface area contributed by atoms with Crippen molar-refractivity contribution in [3.8, 4) is 0 Å². The summed E-state index contributed by atoms with van der Waals surface area (Å²) in [5.41, 5.74) is 5.38. The van der Waals surface area contributed by atoms with Gasteiger partial charge in [0.15, 0.2) is 0 Å². The Labute approximate surface area is 94.8 Å². The topological polar surface area (TPSA) is 113 Å². The lowest BCUT2D eigenvalue weighted by atomic mass is 10.0. The van der Waals surface area contributed by atoms with Gasteiger partial charge < -0.3 is 21.3 Å². The largest absolute Gasteiger partial charge is 0.481 e. The van der Waals surface area contributed by atoms with Gasteiger partial charge in [0.2, 0.25) is 5.91 Å². The van der Waals surface area contributed by atoms with Crippen molar-refractivity contribution in [2.45, 2.75) is 32.2 Å². The fraction of sp³-hybridized carbons (Fsp3) is 0.800. The number of aliphatic carboxylic acids is 1. The second kappa shape index (κ2) is 8.06. The molecule has 2 unspecified atom stereocenters. The van der Waals surface area contributed by atoms with Gasteiger partial charge in [-0.1, -0.05) is 13.3 Å².